The Labute approximate surface area is 100 Å². The number of amidine groups is 1. The first kappa shape index (κ1) is 9.54. The Bertz CT molecular complexity index is 467. The number of nitrogens with zero attached hydrogens (tertiary/aromatic N) is 3. The van der Waals surface area contributed by atoms with E-state index in [0.717, 1.165) is 4.90 Å². The van der Waals surface area contributed by atoms with E-state index in [9.17, 15) is 10.2 Å². The van der Waals surface area contributed by atoms with Gasteiger partial charge < -0.3 is 25.8 Å². The maximum absolute atomic E-state index is 9.90. The fourth-order valence-corrected chi connectivity index (χ4v) is 1.57. The fourth-order valence-electron chi connectivity index (χ4n) is 1.57. The zero-order chi connectivity index (χ0) is 14.4. The Morgan fingerprint density at radius 3 is 2.94 bits per heavy atom. The van der Waals surface area contributed by atoms with E-state index in [1.54, 1.807) is 0 Å². The standard InChI is InChI=1S/C9H14N4O4/c1-4-12-9(10)11-3-13(4)8-7(16)6(15)5(2-14)17-8/h3,5-8,14-16H,1-2H2,(H2,10,12)/t5-,6+,7?,8-/m1/s1/i3D,6D. The maximum Gasteiger partial charge on any atom is 0.223 e. The molecule has 8 heteroatoms. The van der Waals surface area contributed by atoms with Crippen molar-refractivity contribution in [1.82, 2.24) is 4.90 Å². The molecule has 2 heterocycles. The first-order valence-corrected chi connectivity index (χ1v) is 4.83. The van der Waals surface area contributed by atoms with E-state index in [-0.39, 0.29) is 11.8 Å². The normalized spacial score (nSPS) is 44.1. The van der Waals surface area contributed by atoms with Crippen molar-refractivity contribution in [2.24, 2.45) is 15.7 Å². The quantitative estimate of drug-likeness (QED) is 0.427. The molecule has 4 atom stereocenters. The molecule has 0 aliphatic carbocycles. The smallest absolute Gasteiger partial charge is 0.223 e. The molecule has 0 aromatic heterocycles. The zero-order valence-electron chi connectivity index (χ0n) is 10.8. The lowest BCUT2D eigenvalue weighted by molar-refractivity contribution is -0.0607. The Balaban J connectivity index is 2.29. The van der Waals surface area contributed by atoms with Crippen LogP contribution in [0, 0.1) is 0 Å². The number of hydrogen-bond acceptors (Lipinski definition) is 8. The van der Waals surface area contributed by atoms with Crippen molar-refractivity contribution < 1.29 is 22.8 Å². The number of hydrogen-bond donors (Lipinski definition) is 4. The zero-order valence-corrected chi connectivity index (χ0v) is 8.82. The van der Waals surface area contributed by atoms with Crippen LogP contribution in [0.2, 0.25) is 0 Å². The lowest BCUT2D eigenvalue weighted by Crippen LogP contribution is -2.44. The summed E-state index contributed by atoms with van der Waals surface area (Å²) in [6.45, 7) is 2.87. The van der Waals surface area contributed by atoms with Crippen LogP contribution in [0.3, 0.4) is 0 Å². The fraction of sp³-hybridized carbons (Fsp3) is 0.556. The Morgan fingerprint density at radius 1 is 1.71 bits per heavy atom. The average molecular weight is 244 g/mol. The minimum absolute atomic E-state index is 0.0176. The van der Waals surface area contributed by atoms with Crippen LogP contribution in [-0.2, 0) is 4.74 Å². The molecule has 0 amide bonds. The highest BCUT2D eigenvalue weighted by atomic mass is 16.6. The molecule has 1 unspecified atom stereocenters. The largest absolute Gasteiger partial charge is 0.394 e. The van der Waals surface area contributed by atoms with Gasteiger partial charge >= 0.3 is 0 Å². The lowest BCUT2D eigenvalue weighted by Gasteiger charge is -2.29. The van der Waals surface area contributed by atoms with E-state index < -0.39 is 37.4 Å². The summed E-state index contributed by atoms with van der Waals surface area (Å²) in [7, 11) is 0. The highest BCUT2D eigenvalue weighted by Crippen LogP contribution is 2.26. The number of aliphatic hydroxyl groups is 3. The predicted octanol–water partition coefficient (Wildman–Crippen LogP) is -2.44. The molecule has 5 N–H and O–H groups in total. The third-order valence-corrected chi connectivity index (χ3v) is 2.42. The van der Waals surface area contributed by atoms with Gasteiger partial charge in [0.05, 0.1) is 7.98 Å². The second kappa shape index (κ2) is 4.41. The van der Waals surface area contributed by atoms with Crippen molar-refractivity contribution in [3.63, 3.8) is 0 Å². The molecule has 0 bridgehead atoms. The Hall–Kier alpha value is -1.48. The van der Waals surface area contributed by atoms with Crippen LogP contribution in [0.4, 0.5) is 0 Å². The summed E-state index contributed by atoms with van der Waals surface area (Å²) in [5, 5.41) is 28.7. The highest BCUT2D eigenvalue weighted by Gasteiger charge is 2.45. The highest BCUT2D eigenvalue weighted by molar-refractivity contribution is 5.89. The lowest BCUT2D eigenvalue weighted by atomic mass is 10.1. The minimum Gasteiger partial charge on any atom is -0.394 e. The summed E-state index contributed by atoms with van der Waals surface area (Å²) in [4.78, 5) is 8.27. The molecule has 0 aromatic rings. The Morgan fingerprint density at radius 2 is 2.41 bits per heavy atom. The molecule has 1 saturated heterocycles. The molecule has 2 aliphatic rings. The summed E-state index contributed by atoms with van der Waals surface area (Å²) in [5.41, 5.74) is 5.34. The van der Waals surface area contributed by atoms with Gasteiger partial charge in [0.15, 0.2) is 6.23 Å². The number of guanidine groups is 1. The first-order chi connectivity index (χ1) is 8.78. The van der Waals surface area contributed by atoms with Gasteiger partial charge in [0.1, 0.15) is 31.8 Å². The molecule has 2 rings (SSSR count). The van der Waals surface area contributed by atoms with Crippen molar-refractivity contribution >= 4 is 12.3 Å². The van der Waals surface area contributed by atoms with Crippen LogP contribution in [-0.4, -0.2) is 63.6 Å². The van der Waals surface area contributed by atoms with E-state index in [1.807, 2.05) is 0 Å². The van der Waals surface area contributed by atoms with Crippen LogP contribution in [0.25, 0.3) is 0 Å². The molecular formula is C9H14N4O4. The maximum atomic E-state index is 9.90. The third kappa shape index (κ3) is 2.03. The van der Waals surface area contributed by atoms with Gasteiger partial charge in [-0.25, -0.2) is 4.99 Å². The predicted molar refractivity (Wildman–Crippen MR) is 58.9 cm³/mol. The molecule has 1 fully saturated rings. The SMILES string of the molecule is [2H]C1=NC(N)=NC(=C)N1[C@@H]1O[C@H](CO)[C@]([2H])(O)C1O. The van der Waals surface area contributed by atoms with Crippen LogP contribution in [0.5, 0.6) is 0 Å². The van der Waals surface area contributed by atoms with Crippen molar-refractivity contribution in [2.75, 3.05) is 6.61 Å². The van der Waals surface area contributed by atoms with Crippen LogP contribution in [0.15, 0.2) is 22.4 Å². The monoisotopic (exact) mass is 244 g/mol. The van der Waals surface area contributed by atoms with Gasteiger partial charge in [-0.2, -0.15) is 4.99 Å². The van der Waals surface area contributed by atoms with E-state index in [2.05, 4.69) is 16.6 Å². The van der Waals surface area contributed by atoms with Gasteiger partial charge in [0, 0.05) is 0 Å². The van der Waals surface area contributed by atoms with E-state index in [4.69, 9.17) is 18.3 Å². The second-order valence-electron chi connectivity index (χ2n) is 3.54. The van der Waals surface area contributed by atoms with Crippen LogP contribution >= 0.6 is 0 Å². The van der Waals surface area contributed by atoms with E-state index >= 15 is 0 Å². The number of aliphatic imine (C=N–C) groups is 2. The molecule has 17 heavy (non-hydrogen) atoms. The summed E-state index contributed by atoms with van der Waals surface area (Å²) < 4.78 is 20.4. The average Bonchev–Trinajstić information content (AvgIpc) is 2.51. The minimum atomic E-state index is -2.41. The van der Waals surface area contributed by atoms with Gasteiger partial charge in [0.25, 0.3) is 0 Å². The van der Waals surface area contributed by atoms with Crippen molar-refractivity contribution in [3.05, 3.63) is 12.4 Å². The molecule has 0 radical (unpaired) electrons. The summed E-state index contributed by atoms with van der Waals surface area (Å²) in [5.74, 6) is -0.186. The van der Waals surface area contributed by atoms with Gasteiger partial charge in [-0.15, -0.1) is 0 Å². The first-order valence-electron chi connectivity index (χ1n) is 5.83. The summed E-state index contributed by atoms with van der Waals surface area (Å²) in [6.07, 6.45) is -7.13. The molecule has 8 nitrogen and oxygen atoms in total. The topological polar surface area (TPSA) is 124 Å². The van der Waals surface area contributed by atoms with Crippen molar-refractivity contribution in [3.8, 4) is 0 Å². The molecule has 0 spiro atoms. The van der Waals surface area contributed by atoms with Crippen molar-refractivity contribution in [1.29, 1.82) is 0 Å². The number of ether oxygens (including phenoxy) is 1. The van der Waals surface area contributed by atoms with Gasteiger partial charge in [-0.1, -0.05) is 6.58 Å². The number of aliphatic hydroxyl groups excluding tert-OH is 2. The van der Waals surface area contributed by atoms with Crippen molar-refractivity contribution in [2.45, 2.75) is 24.5 Å². The van der Waals surface area contributed by atoms with Gasteiger partial charge in [-0.3, -0.25) is 4.90 Å². The Kier molecular flexibility index (Phi) is 2.48. The number of nitrogens with two attached hydrogens (primary N) is 1. The summed E-state index contributed by atoms with van der Waals surface area (Å²) >= 11 is 0. The van der Waals surface area contributed by atoms with E-state index in [0.29, 0.717) is 0 Å². The molecule has 0 aromatic carbocycles. The van der Waals surface area contributed by atoms with Gasteiger partial charge in [-0.05, 0) is 0 Å². The van der Waals surface area contributed by atoms with Crippen LogP contribution < -0.4 is 5.73 Å². The third-order valence-electron chi connectivity index (χ3n) is 2.42. The molecule has 94 valence electrons. The summed E-state index contributed by atoms with van der Waals surface area (Å²) in [6, 6.07) is 0. The van der Waals surface area contributed by atoms with Gasteiger partial charge in [0.2, 0.25) is 5.96 Å². The molecular weight excluding hydrogens is 228 g/mol. The molecule has 0 saturated carbocycles. The second-order valence-corrected chi connectivity index (χ2v) is 3.54. The molecule has 2 aliphatic heterocycles. The number of rotatable bonds is 2. The van der Waals surface area contributed by atoms with Crippen LogP contribution in [0.1, 0.15) is 2.74 Å². The van der Waals surface area contributed by atoms with E-state index in [1.165, 1.54) is 0 Å².